The summed E-state index contributed by atoms with van der Waals surface area (Å²) < 4.78 is 27.5. The summed E-state index contributed by atoms with van der Waals surface area (Å²) >= 11 is 1.27. The van der Waals surface area contributed by atoms with Gasteiger partial charge in [0, 0.05) is 50.0 Å². The summed E-state index contributed by atoms with van der Waals surface area (Å²) in [4.78, 5) is 43.5. The first-order chi connectivity index (χ1) is 15.8. The van der Waals surface area contributed by atoms with Crippen LogP contribution in [0.2, 0.25) is 0 Å². The number of methoxy groups -OCH3 is 1. The summed E-state index contributed by atoms with van der Waals surface area (Å²) in [7, 11) is 1.52. The number of esters is 3. The van der Waals surface area contributed by atoms with Crippen molar-refractivity contribution in [3.05, 3.63) is 36.8 Å². The number of nitrogens with zero attached hydrogens (tertiary/aromatic N) is 2. The van der Waals surface area contributed by atoms with Gasteiger partial charge in [-0.3, -0.25) is 19.4 Å². The third-order valence-electron chi connectivity index (χ3n) is 4.55. The van der Waals surface area contributed by atoms with Gasteiger partial charge in [0.1, 0.15) is 5.75 Å². The Labute approximate surface area is 194 Å². The first-order valence-electron chi connectivity index (χ1n) is 10.0. The van der Waals surface area contributed by atoms with E-state index < -0.39 is 41.7 Å². The van der Waals surface area contributed by atoms with Crippen LogP contribution < -0.4 is 9.47 Å². The average molecular weight is 477 g/mol. The molecule has 33 heavy (non-hydrogen) atoms. The fraction of sp³-hybridized carbons (Fsp3) is 0.409. The van der Waals surface area contributed by atoms with Gasteiger partial charge >= 0.3 is 17.9 Å². The van der Waals surface area contributed by atoms with Gasteiger partial charge in [0.25, 0.3) is 0 Å². The van der Waals surface area contributed by atoms with E-state index in [4.69, 9.17) is 23.7 Å². The summed E-state index contributed by atoms with van der Waals surface area (Å²) in [5, 5.41) is 0. The second-order valence-corrected chi connectivity index (χ2v) is 8.22. The lowest BCUT2D eigenvalue weighted by molar-refractivity contribution is -0.186. The van der Waals surface area contributed by atoms with Gasteiger partial charge in [-0.25, -0.2) is 4.98 Å². The number of thioether (sulfide) groups is 1. The number of pyridine rings is 2. The van der Waals surface area contributed by atoms with Crippen LogP contribution >= 0.6 is 11.8 Å². The lowest BCUT2D eigenvalue weighted by atomic mass is 10.1. The van der Waals surface area contributed by atoms with Gasteiger partial charge in [-0.2, -0.15) is 0 Å². The SMILES string of the molecule is COc1ncccc1-c1cncc(O[C@H]2SC[C@@H](OC(C)=O)[C@H](OC(C)=O)[C@H]2OC(C)=O)c1. The van der Waals surface area contributed by atoms with Gasteiger partial charge in [-0.05, 0) is 18.2 Å². The first-order valence-corrected chi connectivity index (χ1v) is 11.1. The molecule has 4 atom stereocenters. The smallest absolute Gasteiger partial charge is 0.303 e. The van der Waals surface area contributed by atoms with Crippen LogP contribution in [-0.4, -0.2) is 64.5 Å². The number of ether oxygens (including phenoxy) is 5. The molecule has 1 aliphatic heterocycles. The molecular weight excluding hydrogens is 452 g/mol. The monoisotopic (exact) mass is 476 g/mol. The molecule has 0 amide bonds. The highest BCUT2D eigenvalue weighted by Gasteiger charge is 2.47. The lowest BCUT2D eigenvalue weighted by Crippen LogP contribution is -2.55. The van der Waals surface area contributed by atoms with E-state index in [1.807, 2.05) is 6.07 Å². The van der Waals surface area contributed by atoms with Crippen LogP contribution in [-0.2, 0) is 28.6 Å². The van der Waals surface area contributed by atoms with Crippen molar-refractivity contribution in [2.75, 3.05) is 12.9 Å². The van der Waals surface area contributed by atoms with Gasteiger partial charge in [-0.1, -0.05) is 0 Å². The minimum Gasteiger partial charge on any atom is -0.481 e. The van der Waals surface area contributed by atoms with Crippen LogP contribution in [0.1, 0.15) is 20.8 Å². The fourth-order valence-corrected chi connectivity index (χ4v) is 4.56. The fourth-order valence-electron chi connectivity index (χ4n) is 3.35. The minimum absolute atomic E-state index is 0.267. The predicted octanol–water partition coefficient (Wildman–Crippen LogP) is 2.40. The van der Waals surface area contributed by atoms with Crippen LogP contribution in [0.25, 0.3) is 11.1 Å². The van der Waals surface area contributed by atoms with Gasteiger partial charge in [0.15, 0.2) is 23.7 Å². The molecule has 10 nitrogen and oxygen atoms in total. The molecule has 0 N–H and O–H groups in total. The van der Waals surface area contributed by atoms with Crippen molar-refractivity contribution < 1.29 is 38.1 Å². The zero-order valence-corrected chi connectivity index (χ0v) is 19.4. The normalized spacial score (nSPS) is 22.1. The van der Waals surface area contributed by atoms with E-state index in [1.165, 1.54) is 45.8 Å². The molecule has 3 rings (SSSR count). The van der Waals surface area contributed by atoms with E-state index in [1.54, 1.807) is 24.5 Å². The number of carbonyl (C=O) groups is 3. The Bertz CT molecular complexity index is 1020. The average Bonchev–Trinajstić information content (AvgIpc) is 2.77. The summed E-state index contributed by atoms with van der Waals surface area (Å²) in [5.41, 5.74) is 0.674. The number of rotatable bonds is 7. The Morgan fingerprint density at radius 1 is 1.00 bits per heavy atom. The Morgan fingerprint density at radius 3 is 2.36 bits per heavy atom. The third kappa shape index (κ3) is 6.35. The molecule has 0 radical (unpaired) electrons. The summed E-state index contributed by atoms with van der Waals surface area (Å²) in [6.07, 6.45) is 1.92. The summed E-state index contributed by atoms with van der Waals surface area (Å²) in [5.74, 6) is -0.653. The third-order valence-corrected chi connectivity index (χ3v) is 5.76. The maximum atomic E-state index is 11.8. The van der Waals surface area contributed by atoms with Crippen molar-refractivity contribution in [1.29, 1.82) is 0 Å². The summed E-state index contributed by atoms with van der Waals surface area (Å²) in [6.45, 7) is 3.71. The van der Waals surface area contributed by atoms with Gasteiger partial charge in [0.2, 0.25) is 5.88 Å². The predicted molar refractivity (Wildman–Crippen MR) is 118 cm³/mol. The molecule has 3 heterocycles. The molecule has 176 valence electrons. The molecule has 0 aliphatic carbocycles. The van der Waals surface area contributed by atoms with Gasteiger partial charge in [0.05, 0.1) is 13.3 Å². The van der Waals surface area contributed by atoms with Crippen molar-refractivity contribution >= 4 is 29.7 Å². The maximum Gasteiger partial charge on any atom is 0.303 e. The Morgan fingerprint density at radius 2 is 1.70 bits per heavy atom. The lowest BCUT2D eigenvalue weighted by Gasteiger charge is -2.39. The van der Waals surface area contributed by atoms with Crippen molar-refractivity contribution in [2.24, 2.45) is 0 Å². The van der Waals surface area contributed by atoms with Crippen LogP contribution in [0.15, 0.2) is 36.8 Å². The maximum absolute atomic E-state index is 11.8. The zero-order valence-electron chi connectivity index (χ0n) is 18.5. The molecule has 0 bridgehead atoms. The van der Waals surface area contributed by atoms with Gasteiger partial charge < -0.3 is 23.7 Å². The highest BCUT2D eigenvalue weighted by atomic mass is 32.2. The van der Waals surface area contributed by atoms with Crippen LogP contribution in [0, 0.1) is 0 Å². The van der Waals surface area contributed by atoms with E-state index in [-0.39, 0.29) is 5.75 Å². The van der Waals surface area contributed by atoms with E-state index in [0.29, 0.717) is 17.2 Å². The van der Waals surface area contributed by atoms with E-state index in [0.717, 1.165) is 5.56 Å². The minimum atomic E-state index is -1.03. The molecule has 11 heteroatoms. The van der Waals surface area contributed by atoms with Crippen molar-refractivity contribution in [3.8, 4) is 22.8 Å². The van der Waals surface area contributed by atoms with Crippen LogP contribution in [0.3, 0.4) is 0 Å². The molecule has 2 aromatic rings. The number of aromatic nitrogens is 2. The number of hydrogen-bond donors (Lipinski definition) is 0. The highest BCUT2D eigenvalue weighted by molar-refractivity contribution is 7.99. The second kappa shape index (κ2) is 11.0. The molecule has 0 aromatic carbocycles. The molecule has 1 saturated heterocycles. The van der Waals surface area contributed by atoms with E-state index in [2.05, 4.69) is 9.97 Å². The zero-order chi connectivity index (χ0) is 24.0. The molecule has 0 spiro atoms. The number of hydrogen-bond acceptors (Lipinski definition) is 11. The summed E-state index contributed by atoms with van der Waals surface area (Å²) in [6, 6.07) is 5.36. The molecule has 1 fully saturated rings. The highest BCUT2D eigenvalue weighted by Crippen LogP contribution is 2.35. The molecule has 1 aliphatic rings. The Balaban J connectivity index is 1.89. The molecule has 0 unspecified atom stereocenters. The molecular formula is C22H24N2O8S. The largest absolute Gasteiger partial charge is 0.481 e. The van der Waals surface area contributed by atoms with Crippen molar-refractivity contribution in [3.63, 3.8) is 0 Å². The van der Waals surface area contributed by atoms with Crippen molar-refractivity contribution in [1.82, 2.24) is 9.97 Å². The van der Waals surface area contributed by atoms with Gasteiger partial charge in [-0.15, -0.1) is 11.8 Å². The van der Waals surface area contributed by atoms with Crippen molar-refractivity contribution in [2.45, 2.75) is 44.5 Å². The number of carbonyl (C=O) groups excluding carboxylic acids is 3. The Hall–Kier alpha value is -3.34. The van der Waals surface area contributed by atoms with Crippen LogP contribution in [0.4, 0.5) is 0 Å². The topological polar surface area (TPSA) is 123 Å². The Kier molecular flexibility index (Phi) is 8.10. The standard InChI is InChI=1S/C22H24N2O8S/c1-12(25)29-18-11-33-22(20(31-14(3)27)19(18)30-13(2)26)32-16-8-15(9-23-10-16)17-6-5-7-24-21(17)28-4/h5-10,18-20,22H,11H2,1-4H3/t18-,19+,20-,22+/m1/s1. The quantitative estimate of drug-likeness (QED) is 0.432. The van der Waals surface area contributed by atoms with E-state index >= 15 is 0 Å². The van der Waals surface area contributed by atoms with Crippen LogP contribution in [0.5, 0.6) is 11.6 Å². The first kappa shape index (κ1) is 24.3. The molecule has 0 saturated carbocycles. The second-order valence-electron chi connectivity index (χ2n) is 7.09. The van der Waals surface area contributed by atoms with E-state index in [9.17, 15) is 14.4 Å². The molecule has 2 aromatic heterocycles.